The summed E-state index contributed by atoms with van der Waals surface area (Å²) in [5.74, 6) is 0.481. The molecule has 3 nitrogen and oxygen atoms in total. The predicted molar refractivity (Wildman–Crippen MR) is 92.0 cm³/mol. The van der Waals surface area contributed by atoms with Crippen molar-refractivity contribution in [3.8, 4) is 0 Å². The zero-order valence-corrected chi connectivity index (χ0v) is 14.8. The first-order valence-electron chi connectivity index (χ1n) is 7.81. The van der Waals surface area contributed by atoms with Crippen LogP contribution < -0.4 is 5.32 Å². The van der Waals surface area contributed by atoms with Crippen molar-refractivity contribution in [1.82, 2.24) is 5.32 Å². The van der Waals surface area contributed by atoms with E-state index < -0.39 is 0 Å². The van der Waals surface area contributed by atoms with Crippen molar-refractivity contribution < 1.29 is 9.47 Å². The molecule has 1 rings (SSSR count). The van der Waals surface area contributed by atoms with Crippen molar-refractivity contribution >= 4 is 15.9 Å². The third-order valence-electron chi connectivity index (χ3n) is 3.41. The second-order valence-corrected chi connectivity index (χ2v) is 6.02. The van der Waals surface area contributed by atoms with Gasteiger partial charge < -0.3 is 14.8 Å². The van der Waals surface area contributed by atoms with Crippen molar-refractivity contribution in [3.63, 3.8) is 0 Å². The molecule has 0 fully saturated rings. The average molecular weight is 358 g/mol. The molecule has 1 unspecified atom stereocenters. The van der Waals surface area contributed by atoms with Gasteiger partial charge in [-0.15, -0.1) is 0 Å². The number of benzene rings is 1. The van der Waals surface area contributed by atoms with Crippen LogP contribution in [0.15, 0.2) is 28.7 Å². The van der Waals surface area contributed by atoms with Gasteiger partial charge in [-0.1, -0.05) is 41.1 Å². The zero-order valence-electron chi connectivity index (χ0n) is 13.2. The first-order valence-corrected chi connectivity index (χ1v) is 8.60. The lowest BCUT2D eigenvalue weighted by Crippen LogP contribution is -2.23. The summed E-state index contributed by atoms with van der Waals surface area (Å²) in [6, 6.07) is 8.48. The maximum atomic E-state index is 5.71. The zero-order chi connectivity index (χ0) is 15.3. The summed E-state index contributed by atoms with van der Waals surface area (Å²) >= 11 is 3.66. The molecule has 0 aliphatic rings. The van der Waals surface area contributed by atoms with Gasteiger partial charge in [0, 0.05) is 37.9 Å². The monoisotopic (exact) mass is 357 g/mol. The lowest BCUT2D eigenvalue weighted by molar-refractivity contribution is 0.0980. The van der Waals surface area contributed by atoms with Crippen LogP contribution >= 0.6 is 15.9 Å². The van der Waals surface area contributed by atoms with Crippen LogP contribution in [-0.2, 0) is 9.47 Å². The molecule has 0 aliphatic carbocycles. The molecule has 1 N–H and O–H groups in total. The van der Waals surface area contributed by atoms with E-state index in [0.717, 1.165) is 52.2 Å². The van der Waals surface area contributed by atoms with Crippen LogP contribution in [0.3, 0.4) is 0 Å². The molecule has 120 valence electrons. The average Bonchev–Trinajstić information content (AvgIpc) is 2.50. The summed E-state index contributed by atoms with van der Waals surface area (Å²) in [4.78, 5) is 0. The van der Waals surface area contributed by atoms with Gasteiger partial charge in [0.05, 0.1) is 0 Å². The fourth-order valence-electron chi connectivity index (χ4n) is 2.26. The summed E-state index contributed by atoms with van der Waals surface area (Å²) in [6.07, 6.45) is 3.16. The Morgan fingerprint density at radius 2 is 2.00 bits per heavy atom. The number of ether oxygens (including phenoxy) is 2. The van der Waals surface area contributed by atoms with E-state index in [1.165, 1.54) is 10.0 Å². The van der Waals surface area contributed by atoms with Gasteiger partial charge in [-0.2, -0.15) is 0 Å². The molecule has 21 heavy (non-hydrogen) atoms. The van der Waals surface area contributed by atoms with Crippen molar-refractivity contribution in [2.75, 3.05) is 40.0 Å². The highest BCUT2D eigenvalue weighted by Gasteiger charge is 2.13. The molecular weight excluding hydrogens is 330 g/mol. The van der Waals surface area contributed by atoms with E-state index in [4.69, 9.17) is 9.47 Å². The molecule has 0 saturated heterocycles. The van der Waals surface area contributed by atoms with Crippen LogP contribution in [0.2, 0.25) is 0 Å². The van der Waals surface area contributed by atoms with Gasteiger partial charge in [0.15, 0.2) is 0 Å². The molecular formula is C17H28BrNO2. The number of rotatable bonds is 12. The summed E-state index contributed by atoms with van der Waals surface area (Å²) in [6.45, 7) is 6.60. The maximum Gasteiger partial charge on any atom is 0.0487 e. The summed E-state index contributed by atoms with van der Waals surface area (Å²) in [5.41, 5.74) is 1.36. The van der Waals surface area contributed by atoms with Crippen molar-refractivity contribution in [2.45, 2.75) is 32.1 Å². The van der Waals surface area contributed by atoms with E-state index >= 15 is 0 Å². The molecule has 0 saturated carbocycles. The SMILES string of the molecule is CCCNCC(CCOCCCOC)c1ccccc1Br. The number of nitrogens with one attached hydrogen (secondary N) is 1. The highest BCUT2D eigenvalue weighted by Crippen LogP contribution is 2.27. The highest BCUT2D eigenvalue weighted by molar-refractivity contribution is 9.10. The van der Waals surface area contributed by atoms with Crippen LogP contribution in [0.1, 0.15) is 37.7 Å². The van der Waals surface area contributed by atoms with Gasteiger partial charge in [-0.05, 0) is 43.4 Å². The quantitative estimate of drug-likeness (QED) is 0.574. The topological polar surface area (TPSA) is 30.5 Å². The van der Waals surface area contributed by atoms with Gasteiger partial charge in [0.2, 0.25) is 0 Å². The minimum Gasteiger partial charge on any atom is -0.385 e. The molecule has 0 heterocycles. The molecule has 0 amide bonds. The minimum absolute atomic E-state index is 0.481. The predicted octanol–water partition coefficient (Wildman–Crippen LogP) is 3.98. The Morgan fingerprint density at radius 1 is 1.19 bits per heavy atom. The van der Waals surface area contributed by atoms with Crippen molar-refractivity contribution in [2.24, 2.45) is 0 Å². The first kappa shape index (κ1) is 18.6. The van der Waals surface area contributed by atoms with E-state index in [1.807, 2.05) is 0 Å². The van der Waals surface area contributed by atoms with Gasteiger partial charge in [-0.3, -0.25) is 0 Å². The smallest absolute Gasteiger partial charge is 0.0487 e. The Balaban J connectivity index is 2.43. The lowest BCUT2D eigenvalue weighted by atomic mass is 9.96. The molecule has 0 radical (unpaired) electrons. The van der Waals surface area contributed by atoms with Crippen molar-refractivity contribution in [3.05, 3.63) is 34.3 Å². The Bertz CT molecular complexity index is 374. The molecule has 1 atom stereocenters. The number of hydrogen-bond donors (Lipinski definition) is 1. The Morgan fingerprint density at radius 3 is 2.71 bits per heavy atom. The van der Waals surface area contributed by atoms with Crippen LogP contribution in [0, 0.1) is 0 Å². The van der Waals surface area contributed by atoms with Gasteiger partial charge in [0.25, 0.3) is 0 Å². The standard InChI is InChI=1S/C17H28BrNO2/c1-3-10-19-14-15(9-13-21-12-6-11-20-2)16-7-4-5-8-17(16)18/h4-5,7-8,15,19H,3,6,9-14H2,1-2H3. The van der Waals surface area contributed by atoms with E-state index in [-0.39, 0.29) is 0 Å². The largest absolute Gasteiger partial charge is 0.385 e. The molecule has 0 aromatic heterocycles. The van der Waals surface area contributed by atoms with Crippen molar-refractivity contribution in [1.29, 1.82) is 0 Å². The third-order valence-corrected chi connectivity index (χ3v) is 4.13. The molecule has 0 spiro atoms. The molecule has 0 aliphatic heterocycles. The highest BCUT2D eigenvalue weighted by atomic mass is 79.9. The Hall–Kier alpha value is -0.420. The van der Waals surface area contributed by atoms with Crippen LogP contribution in [-0.4, -0.2) is 40.0 Å². The van der Waals surface area contributed by atoms with E-state index in [0.29, 0.717) is 5.92 Å². The van der Waals surface area contributed by atoms with Gasteiger partial charge >= 0.3 is 0 Å². The molecule has 4 heteroatoms. The molecule has 1 aromatic carbocycles. The molecule has 1 aromatic rings. The second-order valence-electron chi connectivity index (χ2n) is 5.17. The maximum absolute atomic E-state index is 5.71. The fourth-order valence-corrected chi connectivity index (χ4v) is 2.87. The summed E-state index contributed by atoms with van der Waals surface area (Å²) in [7, 11) is 1.72. The second kappa shape index (κ2) is 12.2. The lowest BCUT2D eigenvalue weighted by Gasteiger charge is -2.19. The van der Waals surface area contributed by atoms with E-state index in [2.05, 4.69) is 52.4 Å². The van der Waals surface area contributed by atoms with E-state index in [1.54, 1.807) is 7.11 Å². The Labute approximate surface area is 137 Å². The number of halogens is 1. The molecule has 0 bridgehead atoms. The Kier molecular flexibility index (Phi) is 10.8. The summed E-state index contributed by atoms with van der Waals surface area (Å²) < 4.78 is 11.9. The van der Waals surface area contributed by atoms with Gasteiger partial charge in [0.1, 0.15) is 0 Å². The first-order chi connectivity index (χ1) is 10.3. The van der Waals surface area contributed by atoms with Crippen LogP contribution in [0.25, 0.3) is 0 Å². The van der Waals surface area contributed by atoms with E-state index in [9.17, 15) is 0 Å². The summed E-state index contributed by atoms with van der Waals surface area (Å²) in [5, 5.41) is 3.53. The number of hydrogen-bond acceptors (Lipinski definition) is 3. The fraction of sp³-hybridized carbons (Fsp3) is 0.647. The van der Waals surface area contributed by atoms with Gasteiger partial charge in [-0.25, -0.2) is 0 Å². The van der Waals surface area contributed by atoms with Crippen LogP contribution in [0.5, 0.6) is 0 Å². The third kappa shape index (κ3) is 7.96. The minimum atomic E-state index is 0.481. The number of methoxy groups -OCH3 is 1. The van der Waals surface area contributed by atoms with Crippen LogP contribution in [0.4, 0.5) is 0 Å². The normalized spacial score (nSPS) is 12.5.